The van der Waals surface area contributed by atoms with Crippen LogP contribution in [-0.4, -0.2) is 26.3 Å². The fourth-order valence-corrected chi connectivity index (χ4v) is 3.18. The molecular weight excluding hydrogens is 274 g/mol. The molecule has 0 unspecified atom stereocenters. The van der Waals surface area contributed by atoms with Gasteiger partial charge in [-0.1, -0.05) is 11.8 Å². The van der Waals surface area contributed by atoms with Crippen molar-refractivity contribution < 1.29 is 9.21 Å². The number of hydrogen-bond donors (Lipinski definition) is 0. The predicted molar refractivity (Wildman–Crippen MR) is 76.3 cm³/mol. The van der Waals surface area contributed by atoms with Gasteiger partial charge in [-0.05, 0) is 32.8 Å². The van der Waals surface area contributed by atoms with Crippen molar-refractivity contribution in [3.63, 3.8) is 0 Å². The summed E-state index contributed by atoms with van der Waals surface area (Å²) in [5.74, 6) is 0.967. The molecule has 0 saturated heterocycles. The van der Waals surface area contributed by atoms with Crippen LogP contribution in [0.4, 0.5) is 0 Å². The maximum absolute atomic E-state index is 12.3. The summed E-state index contributed by atoms with van der Waals surface area (Å²) in [6, 6.07) is 2.60. The largest absolute Gasteiger partial charge is 0.416 e. The van der Waals surface area contributed by atoms with Crippen LogP contribution >= 0.6 is 11.8 Å². The molecule has 2 heterocycles. The van der Waals surface area contributed by atoms with Crippen molar-refractivity contribution in [2.75, 3.05) is 5.75 Å². The minimum atomic E-state index is 0.117. The minimum absolute atomic E-state index is 0.117. The fourth-order valence-electron chi connectivity index (χ4n) is 2.50. The second-order valence-electron chi connectivity index (χ2n) is 5.18. The van der Waals surface area contributed by atoms with Crippen molar-refractivity contribution in [1.82, 2.24) is 14.8 Å². The Morgan fingerprint density at radius 1 is 1.40 bits per heavy atom. The SMILES string of the molecule is Cc1nnc(SCC(=O)c2cc(C)n(C3CC3)c2C)o1. The van der Waals surface area contributed by atoms with E-state index >= 15 is 0 Å². The Bertz CT molecular complexity index is 655. The average Bonchev–Trinajstić information content (AvgIpc) is 3.08. The molecule has 0 aromatic carbocycles. The van der Waals surface area contributed by atoms with Crippen LogP contribution in [0.2, 0.25) is 0 Å². The number of Topliss-reactive ketones (excluding diaryl/α,β-unsaturated/α-hetero) is 1. The second kappa shape index (κ2) is 5.09. The number of carbonyl (C=O) groups excluding carboxylic acids is 1. The highest BCUT2D eigenvalue weighted by atomic mass is 32.2. The Kier molecular flexibility index (Phi) is 3.41. The molecule has 2 aromatic rings. The lowest BCUT2D eigenvalue weighted by atomic mass is 10.2. The van der Waals surface area contributed by atoms with E-state index in [9.17, 15) is 4.79 Å². The summed E-state index contributed by atoms with van der Waals surface area (Å²) in [5.41, 5.74) is 3.07. The van der Waals surface area contributed by atoms with Gasteiger partial charge in [0, 0.05) is 29.9 Å². The molecule has 3 rings (SSSR count). The van der Waals surface area contributed by atoms with Gasteiger partial charge in [0.2, 0.25) is 5.89 Å². The maximum Gasteiger partial charge on any atom is 0.277 e. The smallest absolute Gasteiger partial charge is 0.277 e. The van der Waals surface area contributed by atoms with Crippen molar-refractivity contribution >= 4 is 17.5 Å². The number of nitrogens with zero attached hydrogens (tertiary/aromatic N) is 3. The molecule has 0 N–H and O–H groups in total. The highest BCUT2D eigenvalue weighted by molar-refractivity contribution is 7.99. The summed E-state index contributed by atoms with van der Waals surface area (Å²) < 4.78 is 7.55. The minimum Gasteiger partial charge on any atom is -0.416 e. The van der Waals surface area contributed by atoms with E-state index in [-0.39, 0.29) is 5.78 Å². The first kappa shape index (κ1) is 13.4. The molecule has 0 aliphatic heterocycles. The summed E-state index contributed by atoms with van der Waals surface area (Å²) >= 11 is 1.29. The van der Waals surface area contributed by atoms with Crippen molar-refractivity contribution in [1.29, 1.82) is 0 Å². The molecule has 0 amide bonds. The molecule has 0 radical (unpaired) electrons. The number of aryl methyl sites for hydroxylation is 2. The van der Waals surface area contributed by atoms with Crippen molar-refractivity contribution in [3.05, 3.63) is 28.9 Å². The Morgan fingerprint density at radius 2 is 2.15 bits per heavy atom. The molecule has 2 aromatic heterocycles. The van der Waals surface area contributed by atoms with Gasteiger partial charge in [0.25, 0.3) is 5.22 Å². The van der Waals surface area contributed by atoms with Gasteiger partial charge in [0.1, 0.15) is 0 Å². The van der Waals surface area contributed by atoms with E-state index in [4.69, 9.17) is 4.42 Å². The van der Waals surface area contributed by atoms with E-state index < -0.39 is 0 Å². The standard InChI is InChI=1S/C14H17N3O2S/c1-8-6-12(9(2)17(8)11-4-5-11)13(18)7-20-14-16-15-10(3)19-14/h6,11H,4-5,7H2,1-3H3. The Balaban J connectivity index is 1.72. The molecule has 1 fully saturated rings. The monoisotopic (exact) mass is 291 g/mol. The van der Waals surface area contributed by atoms with Crippen LogP contribution in [0.3, 0.4) is 0 Å². The van der Waals surface area contributed by atoms with Gasteiger partial charge in [0.05, 0.1) is 5.75 Å². The first-order chi connectivity index (χ1) is 9.56. The molecule has 6 heteroatoms. The third-order valence-electron chi connectivity index (χ3n) is 3.53. The van der Waals surface area contributed by atoms with E-state index in [1.165, 1.54) is 30.3 Å². The highest BCUT2D eigenvalue weighted by Gasteiger charge is 2.28. The van der Waals surface area contributed by atoms with Crippen LogP contribution in [-0.2, 0) is 0 Å². The normalized spacial score (nSPS) is 14.8. The maximum atomic E-state index is 12.3. The van der Waals surface area contributed by atoms with Gasteiger partial charge in [0.15, 0.2) is 5.78 Å². The third kappa shape index (κ3) is 2.52. The predicted octanol–water partition coefficient (Wildman–Crippen LogP) is 3.11. The molecule has 1 saturated carbocycles. The lowest BCUT2D eigenvalue weighted by Gasteiger charge is -2.07. The molecule has 5 nitrogen and oxygen atoms in total. The van der Waals surface area contributed by atoms with Gasteiger partial charge < -0.3 is 8.98 Å². The third-order valence-corrected chi connectivity index (χ3v) is 4.35. The fraction of sp³-hybridized carbons (Fsp3) is 0.500. The van der Waals surface area contributed by atoms with Gasteiger partial charge >= 0.3 is 0 Å². The summed E-state index contributed by atoms with van der Waals surface area (Å²) in [7, 11) is 0. The zero-order chi connectivity index (χ0) is 14.3. The summed E-state index contributed by atoms with van der Waals surface area (Å²) in [6.45, 7) is 5.83. The Labute approximate surface area is 121 Å². The number of carbonyl (C=O) groups is 1. The van der Waals surface area contributed by atoms with Crippen molar-refractivity contribution in [3.8, 4) is 0 Å². The first-order valence-electron chi connectivity index (χ1n) is 6.71. The van der Waals surface area contributed by atoms with Crippen LogP contribution in [0.1, 0.15) is 46.5 Å². The molecular formula is C14H17N3O2S. The lowest BCUT2D eigenvalue weighted by Crippen LogP contribution is -2.05. The van der Waals surface area contributed by atoms with Crippen molar-refractivity contribution in [2.45, 2.75) is 44.9 Å². The number of aromatic nitrogens is 3. The molecule has 0 bridgehead atoms. The quantitative estimate of drug-likeness (QED) is 0.625. The van der Waals surface area contributed by atoms with E-state index in [2.05, 4.69) is 21.7 Å². The van der Waals surface area contributed by atoms with Crippen LogP contribution in [0.5, 0.6) is 0 Å². The first-order valence-corrected chi connectivity index (χ1v) is 7.69. The molecule has 106 valence electrons. The molecule has 0 atom stereocenters. The highest BCUT2D eigenvalue weighted by Crippen LogP contribution is 2.38. The van der Waals surface area contributed by atoms with Crippen molar-refractivity contribution in [2.24, 2.45) is 0 Å². The molecule has 20 heavy (non-hydrogen) atoms. The summed E-state index contributed by atoms with van der Waals surface area (Å²) in [6.07, 6.45) is 2.44. The average molecular weight is 291 g/mol. The molecule has 1 aliphatic rings. The van der Waals surface area contributed by atoms with Crippen LogP contribution in [0.25, 0.3) is 0 Å². The lowest BCUT2D eigenvalue weighted by molar-refractivity contribution is 0.102. The zero-order valence-corrected chi connectivity index (χ0v) is 12.7. The number of rotatable bonds is 5. The van der Waals surface area contributed by atoms with E-state index in [0.717, 1.165) is 11.3 Å². The van der Waals surface area contributed by atoms with Crippen LogP contribution < -0.4 is 0 Å². The number of ketones is 1. The Hall–Kier alpha value is -1.56. The van der Waals surface area contributed by atoms with Gasteiger partial charge in [-0.25, -0.2) is 0 Å². The Morgan fingerprint density at radius 3 is 2.75 bits per heavy atom. The van der Waals surface area contributed by atoms with Crippen LogP contribution in [0.15, 0.2) is 15.7 Å². The number of thioether (sulfide) groups is 1. The second-order valence-corrected chi connectivity index (χ2v) is 6.11. The zero-order valence-electron chi connectivity index (χ0n) is 11.8. The summed E-state index contributed by atoms with van der Waals surface area (Å²) in [5, 5.41) is 8.09. The van der Waals surface area contributed by atoms with Crippen LogP contribution in [0, 0.1) is 20.8 Å². The summed E-state index contributed by atoms with van der Waals surface area (Å²) in [4.78, 5) is 12.3. The molecule has 1 aliphatic carbocycles. The van der Waals surface area contributed by atoms with Gasteiger partial charge in [-0.3, -0.25) is 4.79 Å². The van der Waals surface area contributed by atoms with Gasteiger partial charge in [-0.15, -0.1) is 10.2 Å². The van der Waals surface area contributed by atoms with E-state index in [0.29, 0.717) is 22.9 Å². The van der Waals surface area contributed by atoms with E-state index in [1.54, 1.807) is 6.92 Å². The van der Waals surface area contributed by atoms with E-state index in [1.807, 2.05) is 13.0 Å². The number of hydrogen-bond acceptors (Lipinski definition) is 5. The molecule has 0 spiro atoms. The van der Waals surface area contributed by atoms with Gasteiger partial charge in [-0.2, -0.15) is 0 Å². The topological polar surface area (TPSA) is 60.9 Å².